The summed E-state index contributed by atoms with van der Waals surface area (Å²) in [7, 11) is -2.20. The highest BCUT2D eigenvalue weighted by molar-refractivity contribution is 6.74. The number of carbonyl (C=O) groups is 2. The van der Waals surface area contributed by atoms with E-state index in [1.165, 1.54) is 0 Å². The first-order valence-electron chi connectivity index (χ1n) is 10.2. The van der Waals surface area contributed by atoms with E-state index in [4.69, 9.17) is 4.43 Å². The Kier molecular flexibility index (Phi) is 6.10. The number of rotatable bonds is 5. The van der Waals surface area contributed by atoms with Gasteiger partial charge in [-0.25, -0.2) is 0 Å². The second-order valence-corrected chi connectivity index (χ2v) is 14.6. The highest BCUT2D eigenvalue weighted by atomic mass is 28.4. The lowest BCUT2D eigenvalue weighted by molar-refractivity contribution is -0.119. The number of Topliss-reactive ketones (excluding diaryl/α,β-unsaturated/α-hetero) is 2. The lowest BCUT2D eigenvalue weighted by Gasteiger charge is -2.41. The summed E-state index contributed by atoms with van der Waals surface area (Å²) < 4.78 is 6.38. The summed E-state index contributed by atoms with van der Waals surface area (Å²) in [6.07, 6.45) is 4.66. The Labute approximate surface area is 166 Å². The summed E-state index contributed by atoms with van der Waals surface area (Å²) in [5, 5.41) is -0.0303. The van der Waals surface area contributed by atoms with Crippen LogP contribution in [0.1, 0.15) is 60.8 Å². The summed E-state index contributed by atoms with van der Waals surface area (Å²) in [6, 6.07) is 0. The summed E-state index contributed by atoms with van der Waals surface area (Å²) in [5.41, 5.74) is 1.97. The molecular formula is C23H36O3Si. The van der Waals surface area contributed by atoms with Crippen molar-refractivity contribution < 1.29 is 14.0 Å². The van der Waals surface area contributed by atoms with E-state index in [-0.39, 0.29) is 28.4 Å². The minimum Gasteiger partial charge on any atom is -0.541 e. The van der Waals surface area contributed by atoms with Gasteiger partial charge in [-0.2, -0.15) is 0 Å². The molecule has 150 valence electrons. The normalized spacial score (nSPS) is 25.5. The molecule has 2 rings (SSSR count). The van der Waals surface area contributed by atoms with Crippen molar-refractivity contribution in [3.8, 4) is 0 Å². The number of carbonyl (C=O) groups excluding carboxylic acids is 2. The Balaban J connectivity index is 2.50. The van der Waals surface area contributed by atoms with Gasteiger partial charge in [0.15, 0.2) is 11.5 Å². The van der Waals surface area contributed by atoms with Crippen LogP contribution in [-0.4, -0.2) is 19.9 Å². The van der Waals surface area contributed by atoms with Crippen molar-refractivity contribution in [1.82, 2.24) is 0 Å². The summed E-state index contributed by atoms with van der Waals surface area (Å²) in [4.78, 5) is 26.8. The third-order valence-corrected chi connectivity index (χ3v) is 11.2. The molecule has 0 saturated heterocycles. The Morgan fingerprint density at radius 1 is 1.19 bits per heavy atom. The van der Waals surface area contributed by atoms with Gasteiger partial charge in [-0.1, -0.05) is 40.7 Å². The molecule has 27 heavy (non-hydrogen) atoms. The molecule has 2 aliphatic rings. The summed E-state index contributed by atoms with van der Waals surface area (Å²) in [6.45, 7) is 20.5. The molecule has 0 spiro atoms. The molecule has 0 saturated carbocycles. The molecule has 0 aromatic heterocycles. The molecule has 3 nitrogen and oxygen atoms in total. The molecule has 0 amide bonds. The molecule has 0 aliphatic heterocycles. The average Bonchev–Trinajstić information content (AvgIpc) is 2.55. The minimum atomic E-state index is -2.20. The molecule has 4 heteroatoms. The van der Waals surface area contributed by atoms with Gasteiger partial charge < -0.3 is 4.43 Å². The zero-order valence-electron chi connectivity index (χ0n) is 18.4. The molecule has 0 aromatic carbocycles. The number of allylic oxidation sites excluding steroid dienone is 4. The van der Waals surface area contributed by atoms with Crippen LogP contribution in [0.2, 0.25) is 18.1 Å². The van der Waals surface area contributed by atoms with Crippen LogP contribution >= 0.6 is 0 Å². The second-order valence-electron chi connectivity index (χ2n) is 9.89. The molecule has 0 aromatic rings. The highest BCUT2D eigenvalue weighted by Crippen LogP contribution is 2.46. The Hall–Kier alpha value is -1.42. The predicted molar refractivity (Wildman–Crippen MR) is 114 cm³/mol. The topological polar surface area (TPSA) is 43.4 Å². The van der Waals surface area contributed by atoms with Crippen molar-refractivity contribution in [2.24, 2.45) is 17.8 Å². The fourth-order valence-corrected chi connectivity index (χ4v) is 5.01. The van der Waals surface area contributed by atoms with E-state index in [0.717, 1.165) is 24.8 Å². The number of hydrogen-bond acceptors (Lipinski definition) is 3. The van der Waals surface area contributed by atoms with Crippen LogP contribution in [0.5, 0.6) is 0 Å². The van der Waals surface area contributed by atoms with Gasteiger partial charge in [0.2, 0.25) is 5.78 Å². The van der Waals surface area contributed by atoms with E-state index in [2.05, 4.69) is 54.3 Å². The molecule has 0 radical (unpaired) electrons. The second kappa shape index (κ2) is 7.54. The standard InChI is InChI=1S/C23H36O3Si/c1-10-11-14(2)17-13-12-15(3)18-19(17)20(24)16(4)22(21(18)25)26-27(8,9)23(5,6)7/h10,14-15,17H,1,11-13H2,2-9H3/t14-,15-,17+/m0/s1. The van der Waals surface area contributed by atoms with Crippen LogP contribution < -0.4 is 0 Å². The van der Waals surface area contributed by atoms with Crippen molar-refractivity contribution in [3.63, 3.8) is 0 Å². The molecule has 0 N–H and O–H groups in total. The molecule has 0 heterocycles. The van der Waals surface area contributed by atoms with Crippen molar-refractivity contribution in [3.05, 3.63) is 35.1 Å². The van der Waals surface area contributed by atoms with Gasteiger partial charge in [0.1, 0.15) is 0 Å². The van der Waals surface area contributed by atoms with Gasteiger partial charge in [0, 0.05) is 16.7 Å². The van der Waals surface area contributed by atoms with Gasteiger partial charge in [0.25, 0.3) is 8.32 Å². The van der Waals surface area contributed by atoms with Crippen LogP contribution in [0.25, 0.3) is 0 Å². The maximum Gasteiger partial charge on any atom is 0.250 e. The highest BCUT2D eigenvalue weighted by Gasteiger charge is 2.46. The zero-order chi connectivity index (χ0) is 20.7. The van der Waals surface area contributed by atoms with Crippen LogP contribution in [0.4, 0.5) is 0 Å². The van der Waals surface area contributed by atoms with Crippen LogP contribution in [0.3, 0.4) is 0 Å². The summed E-state index contributed by atoms with van der Waals surface area (Å²) >= 11 is 0. The molecule has 0 fully saturated rings. The van der Waals surface area contributed by atoms with Crippen LogP contribution in [-0.2, 0) is 14.0 Å². The fraction of sp³-hybridized carbons (Fsp3) is 0.652. The van der Waals surface area contributed by atoms with Gasteiger partial charge in [-0.15, -0.1) is 6.58 Å². The van der Waals surface area contributed by atoms with E-state index in [1.54, 1.807) is 6.92 Å². The van der Waals surface area contributed by atoms with Crippen molar-refractivity contribution >= 4 is 19.9 Å². The van der Waals surface area contributed by atoms with E-state index in [1.807, 2.05) is 6.08 Å². The first-order valence-corrected chi connectivity index (χ1v) is 13.1. The molecule has 0 unspecified atom stereocenters. The number of ketones is 2. The van der Waals surface area contributed by atoms with E-state index in [0.29, 0.717) is 22.8 Å². The van der Waals surface area contributed by atoms with E-state index < -0.39 is 8.32 Å². The van der Waals surface area contributed by atoms with E-state index in [9.17, 15) is 9.59 Å². The Bertz CT molecular complexity index is 718. The lowest BCUT2D eigenvalue weighted by Crippen LogP contribution is -2.44. The van der Waals surface area contributed by atoms with Crippen LogP contribution in [0, 0.1) is 17.8 Å². The third kappa shape index (κ3) is 3.91. The molecule has 0 bridgehead atoms. The van der Waals surface area contributed by atoms with Gasteiger partial charge in [-0.05, 0) is 62.1 Å². The molecule has 3 atom stereocenters. The van der Waals surface area contributed by atoms with Crippen molar-refractivity contribution in [2.75, 3.05) is 0 Å². The molecule has 2 aliphatic carbocycles. The quantitative estimate of drug-likeness (QED) is 0.330. The maximum atomic E-state index is 13.5. The lowest BCUT2D eigenvalue weighted by atomic mass is 9.66. The average molecular weight is 389 g/mol. The number of hydrogen-bond donors (Lipinski definition) is 0. The maximum absolute atomic E-state index is 13.5. The van der Waals surface area contributed by atoms with Crippen molar-refractivity contribution in [2.45, 2.75) is 78.9 Å². The predicted octanol–water partition coefficient (Wildman–Crippen LogP) is 5.99. The van der Waals surface area contributed by atoms with Gasteiger partial charge in [0.05, 0.1) is 0 Å². The van der Waals surface area contributed by atoms with E-state index >= 15 is 0 Å². The first-order chi connectivity index (χ1) is 12.3. The third-order valence-electron chi connectivity index (χ3n) is 6.83. The largest absolute Gasteiger partial charge is 0.541 e. The smallest absolute Gasteiger partial charge is 0.250 e. The fourth-order valence-electron chi connectivity index (χ4n) is 3.95. The summed E-state index contributed by atoms with van der Waals surface area (Å²) in [5.74, 6) is 0.840. The Morgan fingerprint density at radius 3 is 2.30 bits per heavy atom. The minimum absolute atomic E-state index is 0.0192. The van der Waals surface area contributed by atoms with Gasteiger partial charge >= 0.3 is 0 Å². The van der Waals surface area contributed by atoms with Gasteiger partial charge in [-0.3, -0.25) is 9.59 Å². The molecular weight excluding hydrogens is 352 g/mol. The monoisotopic (exact) mass is 388 g/mol. The first kappa shape index (κ1) is 21.9. The van der Waals surface area contributed by atoms with Crippen molar-refractivity contribution in [1.29, 1.82) is 0 Å². The zero-order valence-corrected chi connectivity index (χ0v) is 19.4. The SMILES string of the molecule is C=CC[C@H](C)[C@H]1CC[C@H](C)C2=C1C(=O)C(C)=C(O[Si](C)(C)C(C)(C)C)C2=O. The Morgan fingerprint density at radius 2 is 1.78 bits per heavy atom. The van der Waals surface area contributed by atoms with Crippen LogP contribution in [0.15, 0.2) is 35.1 Å².